The fourth-order valence-electron chi connectivity index (χ4n) is 1.54. The van der Waals surface area contributed by atoms with Gasteiger partial charge in [0.05, 0.1) is 12.1 Å². The van der Waals surface area contributed by atoms with Crippen molar-refractivity contribution in [1.82, 2.24) is 0 Å². The van der Waals surface area contributed by atoms with E-state index in [1.54, 1.807) is 0 Å². The SMILES string of the molecule is C[C@@](N)(CO)c1ccccc1CCN. The maximum Gasteiger partial charge on any atom is 0.0650 e. The number of aliphatic hydroxyl groups is 1. The quantitative estimate of drug-likeness (QED) is 0.647. The average molecular weight is 194 g/mol. The van der Waals surface area contributed by atoms with Crippen molar-refractivity contribution in [3.8, 4) is 0 Å². The van der Waals surface area contributed by atoms with Gasteiger partial charge in [0.1, 0.15) is 0 Å². The summed E-state index contributed by atoms with van der Waals surface area (Å²) >= 11 is 0. The maximum absolute atomic E-state index is 9.18. The summed E-state index contributed by atoms with van der Waals surface area (Å²) in [5.74, 6) is 0. The predicted molar refractivity (Wildman–Crippen MR) is 57.8 cm³/mol. The molecule has 1 aromatic rings. The normalized spacial score (nSPS) is 15.1. The largest absolute Gasteiger partial charge is 0.394 e. The summed E-state index contributed by atoms with van der Waals surface area (Å²) in [6, 6.07) is 7.84. The summed E-state index contributed by atoms with van der Waals surface area (Å²) in [7, 11) is 0. The van der Waals surface area contributed by atoms with E-state index in [-0.39, 0.29) is 6.61 Å². The van der Waals surface area contributed by atoms with E-state index in [2.05, 4.69) is 0 Å². The summed E-state index contributed by atoms with van der Waals surface area (Å²) in [5.41, 5.74) is 12.9. The van der Waals surface area contributed by atoms with Crippen LogP contribution in [0.25, 0.3) is 0 Å². The second-order valence-corrected chi connectivity index (χ2v) is 3.77. The number of aliphatic hydroxyl groups excluding tert-OH is 1. The van der Waals surface area contributed by atoms with E-state index < -0.39 is 5.54 Å². The molecular formula is C11H18N2O. The Morgan fingerprint density at radius 1 is 1.36 bits per heavy atom. The Morgan fingerprint density at radius 3 is 2.57 bits per heavy atom. The molecule has 5 N–H and O–H groups in total. The smallest absolute Gasteiger partial charge is 0.0650 e. The molecule has 0 heterocycles. The van der Waals surface area contributed by atoms with E-state index in [1.165, 1.54) is 0 Å². The second kappa shape index (κ2) is 4.55. The molecule has 3 heteroatoms. The van der Waals surface area contributed by atoms with Crippen LogP contribution in [0.2, 0.25) is 0 Å². The lowest BCUT2D eigenvalue weighted by molar-refractivity contribution is 0.209. The summed E-state index contributed by atoms with van der Waals surface area (Å²) in [4.78, 5) is 0. The van der Waals surface area contributed by atoms with E-state index in [4.69, 9.17) is 11.5 Å². The van der Waals surface area contributed by atoms with E-state index >= 15 is 0 Å². The average Bonchev–Trinajstić information content (AvgIpc) is 2.19. The van der Waals surface area contributed by atoms with Gasteiger partial charge < -0.3 is 16.6 Å². The van der Waals surface area contributed by atoms with Crippen LogP contribution >= 0.6 is 0 Å². The monoisotopic (exact) mass is 194 g/mol. The van der Waals surface area contributed by atoms with Crippen LogP contribution in [0.4, 0.5) is 0 Å². The minimum Gasteiger partial charge on any atom is -0.394 e. The van der Waals surface area contributed by atoms with Gasteiger partial charge in [0.25, 0.3) is 0 Å². The van der Waals surface area contributed by atoms with Gasteiger partial charge >= 0.3 is 0 Å². The van der Waals surface area contributed by atoms with Crippen LogP contribution in [-0.4, -0.2) is 18.3 Å². The van der Waals surface area contributed by atoms with Crippen molar-refractivity contribution in [1.29, 1.82) is 0 Å². The first kappa shape index (κ1) is 11.2. The Kier molecular flexibility index (Phi) is 3.63. The molecule has 0 bridgehead atoms. The van der Waals surface area contributed by atoms with Gasteiger partial charge in [-0.1, -0.05) is 24.3 Å². The molecule has 0 aliphatic rings. The Morgan fingerprint density at radius 2 is 2.00 bits per heavy atom. The molecule has 0 unspecified atom stereocenters. The minimum absolute atomic E-state index is 0.0609. The van der Waals surface area contributed by atoms with Gasteiger partial charge in [0.2, 0.25) is 0 Å². The van der Waals surface area contributed by atoms with Crippen molar-refractivity contribution in [2.75, 3.05) is 13.2 Å². The van der Waals surface area contributed by atoms with E-state index in [0.29, 0.717) is 6.54 Å². The molecule has 0 aliphatic carbocycles. The Bertz CT molecular complexity index is 297. The van der Waals surface area contributed by atoms with E-state index in [9.17, 15) is 5.11 Å². The zero-order valence-electron chi connectivity index (χ0n) is 8.53. The number of rotatable bonds is 4. The number of hydrogen-bond acceptors (Lipinski definition) is 3. The van der Waals surface area contributed by atoms with Gasteiger partial charge in [-0.3, -0.25) is 0 Å². The van der Waals surface area contributed by atoms with Crippen LogP contribution in [-0.2, 0) is 12.0 Å². The van der Waals surface area contributed by atoms with E-state index in [0.717, 1.165) is 17.5 Å². The third-order valence-corrected chi connectivity index (χ3v) is 2.37. The third-order valence-electron chi connectivity index (χ3n) is 2.37. The van der Waals surface area contributed by atoms with Crippen LogP contribution < -0.4 is 11.5 Å². The number of benzene rings is 1. The van der Waals surface area contributed by atoms with Gasteiger partial charge in [-0.25, -0.2) is 0 Å². The lowest BCUT2D eigenvalue weighted by Gasteiger charge is -2.25. The fraction of sp³-hybridized carbons (Fsp3) is 0.455. The second-order valence-electron chi connectivity index (χ2n) is 3.77. The van der Waals surface area contributed by atoms with Gasteiger partial charge in [0.15, 0.2) is 0 Å². The zero-order chi connectivity index (χ0) is 10.6. The Balaban J connectivity index is 3.06. The van der Waals surface area contributed by atoms with Crippen molar-refractivity contribution >= 4 is 0 Å². The van der Waals surface area contributed by atoms with Crippen LogP contribution in [0, 0.1) is 0 Å². The van der Waals surface area contributed by atoms with Crippen molar-refractivity contribution < 1.29 is 5.11 Å². The summed E-state index contributed by atoms with van der Waals surface area (Å²) in [5, 5.41) is 9.18. The van der Waals surface area contributed by atoms with Crippen molar-refractivity contribution in [2.24, 2.45) is 11.5 Å². The molecule has 1 aromatic carbocycles. The lowest BCUT2D eigenvalue weighted by atomic mass is 9.89. The van der Waals surface area contributed by atoms with Crippen molar-refractivity contribution in [2.45, 2.75) is 18.9 Å². The molecule has 0 saturated heterocycles. The van der Waals surface area contributed by atoms with Crippen molar-refractivity contribution in [3.05, 3.63) is 35.4 Å². The molecule has 0 radical (unpaired) electrons. The van der Waals surface area contributed by atoms with Gasteiger partial charge in [-0.2, -0.15) is 0 Å². The highest BCUT2D eigenvalue weighted by molar-refractivity contribution is 5.33. The van der Waals surface area contributed by atoms with Crippen LogP contribution in [0.15, 0.2) is 24.3 Å². The molecule has 1 atom stereocenters. The highest BCUT2D eigenvalue weighted by Gasteiger charge is 2.22. The molecular weight excluding hydrogens is 176 g/mol. The molecule has 3 nitrogen and oxygen atoms in total. The maximum atomic E-state index is 9.18. The van der Waals surface area contributed by atoms with Crippen LogP contribution in [0.3, 0.4) is 0 Å². The molecule has 78 valence electrons. The predicted octanol–water partition coefficient (Wildman–Crippen LogP) is 0.354. The lowest BCUT2D eigenvalue weighted by Crippen LogP contribution is -2.38. The molecule has 1 rings (SSSR count). The Hall–Kier alpha value is -0.900. The third kappa shape index (κ3) is 2.32. The van der Waals surface area contributed by atoms with Crippen LogP contribution in [0.1, 0.15) is 18.1 Å². The van der Waals surface area contributed by atoms with Crippen molar-refractivity contribution in [3.63, 3.8) is 0 Å². The van der Waals surface area contributed by atoms with Gasteiger partial charge in [-0.15, -0.1) is 0 Å². The molecule has 0 amide bonds. The summed E-state index contributed by atoms with van der Waals surface area (Å²) in [6.07, 6.45) is 0.795. The van der Waals surface area contributed by atoms with Crippen LogP contribution in [0.5, 0.6) is 0 Å². The first-order chi connectivity index (χ1) is 6.61. The summed E-state index contributed by atoms with van der Waals surface area (Å²) in [6.45, 7) is 2.36. The van der Waals surface area contributed by atoms with E-state index in [1.807, 2.05) is 31.2 Å². The topological polar surface area (TPSA) is 72.3 Å². The standard InChI is InChI=1S/C11H18N2O/c1-11(13,8-14)10-5-3-2-4-9(10)6-7-12/h2-5,14H,6-8,12-13H2,1H3/t11-/m1/s1. The molecule has 0 aliphatic heterocycles. The highest BCUT2D eigenvalue weighted by atomic mass is 16.3. The Labute approximate surface area is 84.7 Å². The minimum atomic E-state index is -0.675. The first-order valence-electron chi connectivity index (χ1n) is 4.80. The van der Waals surface area contributed by atoms with Gasteiger partial charge in [0, 0.05) is 0 Å². The number of nitrogens with two attached hydrogens (primary N) is 2. The van der Waals surface area contributed by atoms with Gasteiger partial charge in [-0.05, 0) is 31.0 Å². The molecule has 14 heavy (non-hydrogen) atoms. The molecule has 0 spiro atoms. The number of hydrogen-bond donors (Lipinski definition) is 3. The summed E-state index contributed by atoms with van der Waals surface area (Å²) < 4.78 is 0. The fourth-order valence-corrected chi connectivity index (χ4v) is 1.54. The zero-order valence-corrected chi connectivity index (χ0v) is 8.53. The molecule has 0 aromatic heterocycles. The highest BCUT2D eigenvalue weighted by Crippen LogP contribution is 2.21. The molecule has 0 fully saturated rings. The first-order valence-corrected chi connectivity index (χ1v) is 4.80. The molecule has 0 saturated carbocycles.